The molecule has 67 heavy (non-hydrogen) atoms. The van der Waals surface area contributed by atoms with E-state index in [9.17, 15) is 68.1 Å². The van der Waals surface area contributed by atoms with Crippen LogP contribution in [0.15, 0.2) is 60.7 Å². The second-order valence-electron chi connectivity index (χ2n) is 16.5. The van der Waals surface area contributed by atoms with Gasteiger partial charge in [-0.05, 0) is 49.1 Å². The summed E-state index contributed by atoms with van der Waals surface area (Å²) in [5.41, 5.74) is 1.24. The summed E-state index contributed by atoms with van der Waals surface area (Å²) in [5.74, 6) is -12.1. The number of carboxylic acid groups (broad SMARTS) is 3. The van der Waals surface area contributed by atoms with Crippen molar-refractivity contribution in [2.24, 2.45) is 5.92 Å². The summed E-state index contributed by atoms with van der Waals surface area (Å²) in [6, 6.07) is 6.16. The fraction of sp³-hybridized carbons (Fsp3) is 0.489. The van der Waals surface area contributed by atoms with Gasteiger partial charge in [0, 0.05) is 32.7 Å². The molecule has 2 aromatic carbocycles. The number of aliphatic carboxylic acids is 3. The number of carboxylic acids is 3. The van der Waals surface area contributed by atoms with Crippen LogP contribution in [0.1, 0.15) is 83.3 Å². The van der Waals surface area contributed by atoms with E-state index in [1.165, 1.54) is 6.92 Å². The Morgan fingerprint density at radius 1 is 0.657 bits per heavy atom. The van der Waals surface area contributed by atoms with Crippen LogP contribution in [0.3, 0.4) is 0 Å². The lowest BCUT2D eigenvalue weighted by molar-refractivity contribution is -0.143. The molecule has 22 nitrogen and oxygen atoms in total. The van der Waals surface area contributed by atoms with Crippen LogP contribution in [0.25, 0.3) is 0 Å². The number of carbonyl (C=O) groups excluding carboxylic acids is 8. The van der Waals surface area contributed by atoms with Gasteiger partial charge in [0.25, 0.3) is 0 Å². The third-order valence-electron chi connectivity index (χ3n) is 10.4. The van der Waals surface area contributed by atoms with Crippen molar-refractivity contribution < 1.29 is 68.1 Å². The lowest BCUT2D eigenvalue weighted by Gasteiger charge is -2.28. The molecule has 22 heteroatoms. The van der Waals surface area contributed by atoms with Crippen LogP contribution in [-0.4, -0.2) is 129 Å². The smallest absolute Gasteiger partial charge is 0.326 e. The van der Waals surface area contributed by atoms with Gasteiger partial charge >= 0.3 is 17.9 Å². The van der Waals surface area contributed by atoms with Crippen molar-refractivity contribution >= 4 is 65.2 Å². The molecule has 0 spiro atoms. The van der Waals surface area contributed by atoms with E-state index >= 15 is 0 Å². The Hall–Kier alpha value is -7.39. The van der Waals surface area contributed by atoms with Gasteiger partial charge in [0.15, 0.2) is 0 Å². The van der Waals surface area contributed by atoms with Gasteiger partial charge < -0.3 is 57.9 Å². The number of hydrogen-bond acceptors (Lipinski definition) is 11. The lowest BCUT2D eigenvalue weighted by Crippen LogP contribution is -2.60. The van der Waals surface area contributed by atoms with Crippen molar-refractivity contribution in [3.63, 3.8) is 0 Å². The van der Waals surface area contributed by atoms with Gasteiger partial charge in [-0.3, -0.25) is 47.9 Å². The molecule has 1 saturated heterocycles. The highest BCUT2D eigenvalue weighted by molar-refractivity contribution is 5.99. The normalized spacial score (nSPS) is 20.1. The molecule has 0 aromatic heterocycles. The maximum absolute atomic E-state index is 14.0. The molecule has 1 aliphatic heterocycles. The molecule has 1 heterocycles. The Labute approximate surface area is 386 Å². The van der Waals surface area contributed by atoms with Crippen molar-refractivity contribution in [2.75, 3.05) is 6.54 Å². The monoisotopic (exact) mass is 936 g/mol. The fourth-order valence-corrected chi connectivity index (χ4v) is 7.06. The Morgan fingerprint density at radius 2 is 1.24 bits per heavy atom. The first-order valence-electron chi connectivity index (χ1n) is 21.8. The molecule has 0 unspecified atom stereocenters. The highest BCUT2D eigenvalue weighted by Crippen LogP contribution is 2.12. The minimum Gasteiger partial charge on any atom is -0.481 e. The van der Waals surface area contributed by atoms with Crippen molar-refractivity contribution in [3.8, 4) is 0 Å². The van der Waals surface area contributed by atoms with Gasteiger partial charge in [-0.2, -0.15) is 0 Å². The molecule has 0 saturated carbocycles. The summed E-state index contributed by atoms with van der Waals surface area (Å²) in [6.07, 6.45) is -2.65. The predicted octanol–water partition coefficient (Wildman–Crippen LogP) is -0.954. The first-order chi connectivity index (χ1) is 31.7. The molecule has 7 atom stereocenters. The molecule has 11 N–H and O–H groups in total. The Morgan fingerprint density at radius 3 is 1.79 bits per heavy atom. The summed E-state index contributed by atoms with van der Waals surface area (Å²) in [6.45, 7) is 4.74. The van der Waals surface area contributed by atoms with E-state index in [0.29, 0.717) is 5.56 Å². The van der Waals surface area contributed by atoms with Crippen LogP contribution in [0.2, 0.25) is 0 Å². The number of rotatable bonds is 18. The lowest BCUT2D eigenvalue weighted by atomic mass is 10.00. The summed E-state index contributed by atoms with van der Waals surface area (Å²) < 4.78 is 0. The molecular formula is C45H60N8O14. The zero-order valence-corrected chi connectivity index (χ0v) is 37.5. The van der Waals surface area contributed by atoms with E-state index in [0.717, 1.165) is 5.56 Å². The Balaban J connectivity index is 1.91. The van der Waals surface area contributed by atoms with Crippen LogP contribution in [0.4, 0.5) is 0 Å². The van der Waals surface area contributed by atoms with E-state index < -0.39 is 133 Å². The number of carbonyl (C=O) groups is 11. The first kappa shape index (κ1) is 53.9. The largest absolute Gasteiger partial charge is 0.481 e. The van der Waals surface area contributed by atoms with Crippen LogP contribution < -0.4 is 42.5 Å². The van der Waals surface area contributed by atoms with Crippen molar-refractivity contribution in [2.45, 2.75) is 127 Å². The van der Waals surface area contributed by atoms with Crippen LogP contribution in [0, 0.1) is 5.92 Å². The van der Waals surface area contributed by atoms with E-state index in [4.69, 9.17) is 0 Å². The van der Waals surface area contributed by atoms with E-state index in [1.54, 1.807) is 74.5 Å². The topological polar surface area (TPSA) is 345 Å². The van der Waals surface area contributed by atoms with E-state index in [1.807, 2.05) is 0 Å². The fourth-order valence-electron chi connectivity index (χ4n) is 7.06. The number of nitrogens with one attached hydrogen (secondary N) is 8. The highest BCUT2D eigenvalue weighted by atomic mass is 16.4. The summed E-state index contributed by atoms with van der Waals surface area (Å²) in [7, 11) is 0. The zero-order valence-electron chi connectivity index (χ0n) is 37.5. The molecule has 2 aromatic rings. The second kappa shape index (κ2) is 27.2. The third kappa shape index (κ3) is 19.7. The van der Waals surface area contributed by atoms with Gasteiger partial charge in [0.2, 0.25) is 47.3 Å². The van der Waals surface area contributed by atoms with Gasteiger partial charge in [0.1, 0.15) is 42.3 Å². The molecule has 8 amide bonds. The molecule has 0 aliphatic carbocycles. The average Bonchev–Trinajstić information content (AvgIpc) is 3.25. The van der Waals surface area contributed by atoms with Gasteiger partial charge in [0.05, 0.1) is 12.8 Å². The second-order valence-corrected chi connectivity index (χ2v) is 16.5. The van der Waals surface area contributed by atoms with E-state index in [2.05, 4.69) is 42.5 Å². The summed E-state index contributed by atoms with van der Waals surface area (Å²) in [4.78, 5) is 144. The third-order valence-corrected chi connectivity index (χ3v) is 10.4. The molecule has 0 bridgehead atoms. The quantitative estimate of drug-likeness (QED) is 0.0859. The summed E-state index contributed by atoms with van der Waals surface area (Å²) >= 11 is 0. The van der Waals surface area contributed by atoms with Crippen molar-refractivity contribution in [1.82, 2.24) is 42.5 Å². The van der Waals surface area contributed by atoms with Gasteiger partial charge in [-0.15, -0.1) is 0 Å². The van der Waals surface area contributed by atoms with Crippen molar-refractivity contribution in [1.29, 1.82) is 0 Å². The molecular weight excluding hydrogens is 877 g/mol. The standard InChI is InChI=1S/C45H60N8O14/c1-25(2)20-31-41(62)52-33(23-37(56)57)43(64)49-30(40(61)51-34(24-38(58)59)44(65)53-35(45(66)67)22-28-14-8-5-9-15-28)17-18-36(55)46-19-11-10-16-29(39(60)50-31)48-42(63)32(47-26(3)54)21-27-12-6-4-7-13-27/h4-9,12-15,25,29-35H,10-11,16-24H2,1-3H3,(H,46,55)(H,47,54)(H,48,63)(H,49,64)(H,50,60)(H,51,61)(H,52,62)(H,53,65)(H,56,57)(H,58,59)(H,66,67)/t29-,30-,31-,32-,33-,34-,35-/m0/s1. The van der Waals surface area contributed by atoms with Gasteiger partial charge in [-0.25, -0.2) is 4.79 Å². The number of benzene rings is 2. The van der Waals surface area contributed by atoms with Crippen LogP contribution in [-0.2, 0) is 65.6 Å². The van der Waals surface area contributed by atoms with Crippen LogP contribution in [0.5, 0.6) is 0 Å². The number of hydrogen-bond donors (Lipinski definition) is 11. The van der Waals surface area contributed by atoms with E-state index in [-0.39, 0.29) is 51.0 Å². The summed E-state index contributed by atoms with van der Waals surface area (Å²) in [5, 5.41) is 48.8. The van der Waals surface area contributed by atoms with Crippen LogP contribution >= 0.6 is 0 Å². The molecule has 1 aliphatic rings. The maximum atomic E-state index is 14.0. The molecule has 364 valence electrons. The Bertz CT molecular complexity index is 2090. The average molecular weight is 937 g/mol. The highest BCUT2D eigenvalue weighted by Gasteiger charge is 2.36. The maximum Gasteiger partial charge on any atom is 0.326 e. The minimum atomic E-state index is -1.90. The van der Waals surface area contributed by atoms with Gasteiger partial charge in [-0.1, -0.05) is 74.5 Å². The predicted molar refractivity (Wildman–Crippen MR) is 237 cm³/mol. The van der Waals surface area contributed by atoms with Crippen molar-refractivity contribution in [3.05, 3.63) is 71.8 Å². The minimum absolute atomic E-state index is 0.00155. The SMILES string of the molecule is CC(=O)N[C@@H](Cc1ccccc1)C(=O)N[C@H]1CCCCNC(=O)CC[C@@H](C(=O)N[C@@H](CC(=O)O)C(=O)N[C@@H](Cc2ccccc2)C(=O)O)NC(=O)[C@H](CC(=O)O)NC(=O)[C@H](CC(C)C)NC1=O. The Kier molecular flexibility index (Phi) is 21.9. The zero-order chi connectivity index (χ0) is 49.6. The molecule has 1 fully saturated rings. The molecule has 0 radical (unpaired) electrons. The number of amides is 8. The molecule has 3 rings (SSSR count). The first-order valence-corrected chi connectivity index (χ1v) is 21.8.